The molecule has 1 aliphatic rings. The number of aryl methyl sites for hydroxylation is 2. The van der Waals surface area contributed by atoms with E-state index in [1.54, 1.807) is 0 Å². The van der Waals surface area contributed by atoms with Gasteiger partial charge in [-0.2, -0.15) is 0 Å². The lowest BCUT2D eigenvalue weighted by Crippen LogP contribution is -2.45. The van der Waals surface area contributed by atoms with Crippen LogP contribution in [0.5, 0.6) is 0 Å². The molecule has 1 aromatic carbocycles. The van der Waals surface area contributed by atoms with Crippen LogP contribution in [0.25, 0.3) is 0 Å². The zero-order valence-corrected chi connectivity index (χ0v) is 13.5. The van der Waals surface area contributed by atoms with Crippen molar-refractivity contribution in [3.8, 4) is 0 Å². The Hall–Kier alpha value is -1.15. The zero-order valence-electron chi connectivity index (χ0n) is 13.5. The number of hydrogen-bond acceptors (Lipinski definition) is 2. The molecule has 110 valence electrons. The Bertz CT molecular complexity index is 494. The molecule has 2 heteroatoms. The molecule has 0 aromatic heterocycles. The summed E-state index contributed by atoms with van der Waals surface area (Å²) in [5, 5.41) is 0. The van der Waals surface area contributed by atoms with Gasteiger partial charge in [0.05, 0.1) is 6.04 Å². The maximum absolute atomic E-state index is 12.6. The molecule has 0 bridgehead atoms. The van der Waals surface area contributed by atoms with Crippen LogP contribution in [0.15, 0.2) is 18.2 Å². The molecule has 1 aliphatic heterocycles. The second kappa shape index (κ2) is 5.69. The minimum atomic E-state index is -0.00629. The van der Waals surface area contributed by atoms with E-state index in [0.29, 0.717) is 5.41 Å². The van der Waals surface area contributed by atoms with Crippen molar-refractivity contribution in [2.24, 2.45) is 5.41 Å². The number of nitrogens with zero attached hydrogens (tertiary/aromatic N) is 1. The molecular formula is C18H27NO. The fourth-order valence-corrected chi connectivity index (χ4v) is 2.82. The van der Waals surface area contributed by atoms with E-state index in [9.17, 15) is 4.79 Å². The quantitative estimate of drug-likeness (QED) is 0.776. The summed E-state index contributed by atoms with van der Waals surface area (Å²) in [7, 11) is 0. The number of carbonyl (C=O) groups excluding carboxylic acids is 1. The molecule has 0 amide bonds. The third-order valence-electron chi connectivity index (χ3n) is 4.87. The van der Waals surface area contributed by atoms with Gasteiger partial charge in [-0.3, -0.25) is 9.69 Å². The van der Waals surface area contributed by atoms with Gasteiger partial charge in [-0.15, -0.1) is 0 Å². The van der Waals surface area contributed by atoms with Gasteiger partial charge < -0.3 is 0 Å². The molecule has 1 aromatic rings. The second-order valence-electron chi connectivity index (χ2n) is 7.04. The van der Waals surface area contributed by atoms with Crippen molar-refractivity contribution in [2.75, 3.05) is 13.1 Å². The molecule has 2 rings (SSSR count). The summed E-state index contributed by atoms with van der Waals surface area (Å²) in [4.78, 5) is 15.0. The summed E-state index contributed by atoms with van der Waals surface area (Å²) in [6.07, 6.45) is 2.36. The van der Waals surface area contributed by atoms with Gasteiger partial charge in [0, 0.05) is 5.56 Å². The van der Waals surface area contributed by atoms with Crippen LogP contribution in [0.2, 0.25) is 0 Å². The Labute approximate surface area is 123 Å². The number of rotatable bonds is 3. The van der Waals surface area contributed by atoms with Gasteiger partial charge in [-0.05, 0) is 69.3 Å². The largest absolute Gasteiger partial charge is 0.293 e. The van der Waals surface area contributed by atoms with Crippen molar-refractivity contribution in [3.05, 3.63) is 34.9 Å². The summed E-state index contributed by atoms with van der Waals surface area (Å²) in [6.45, 7) is 12.9. The van der Waals surface area contributed by atoms with Crippen LogP contribution in [0.3, 0.4) is 0 Å². The summed E-state index contributed by atoms with van der Waals surface area (Å²) < 4.78 is 0. The van der Waals surface area contributed by atoms with Crippen LogP contribution in [0, 0.1) is 19.3 Å². The van der Waals surface area contributed by atoms with E-state index in [1.807, 2.05) is 12.1 Å². The molecule has 1 unspecified atom stereocenters. The van der Waals surface area contributed by atoms with Crippen LogP contribution in [-0.4, -0.2) is 29.8 Å². The summed E-state index contributed by atoms with van der Waals surface area (Å²) >= 11 is 0. The average molecular weight is 273 g/mol. The molecule has 0 N–H and O–H groups in total. The maximum Gasteiger partial charge on any atom is 0.179 e. The van der Waals surface area contributed by atoms with Gasteiger partial charge in [0.15, 0.2) is 5.78 Å². The van der Waals surface area contributed by atoms with E-state index >= 15 is 0 Å². The van der Waals surface area contributed by atoms with Gasteiger partial charge in [-0.25, -0.2) is 0 Å². The lowest BCUT2D eigenvalue weighted by Gasteiger charge is -2.39. The number of hydrogen-bond donors (Lipinski definition) is 0. The molecule has 1 heterocycles. The van der Waals surface area contributed by atoms with Gasteiger partial charge in [-0.1, -0.05) is 26.0 Å². The molecule has 20 heavy (non-hydrogen) atoms. The molecule has 1 saturated heterocycles. The van der Waals surface area contributed by atoms with Crippen LogP contribution in [0.1, 0.15) is 55.1 Å². The van der Waals surface area contributed by atoms with Crippen molar-refractivity contribution in [1.29, 1.82) is 0 Å². The van der Waals surface area contributed by atoms with E-state index < -0.39 is 0 Å². The smallest absolute Gasteiger partial charge is 0.179 e. The van der Waals surface area contributed by atoms with Crippen molar-refractivity contribution >= 4 is 5.78 Å². The molecule has 0 aliphatic carbocycles. The lowest BCUT2D eigenvalue weighted by atomic mass is 9.82. The summed E-state index contributed by atoms with van der Waals surface area (Å²) in [5.41, 5.74) is 3.72. The fourth-order valence-electron chi connectivity index (χ4n) is 2.82. The lowest BCUT2D eigenvalue weighted by molar-refractivity contribution is 0.0687. The van der Waals surface area contributed by atoms with Gasteiger partial charge >= 0.3 is 0 Å². The van der Waals surface area contributed by atoms with E-state index in [-0.39, 0.29) is 11.8 Å². The number of piperidine rings is 1. The Morgan fingerprint density at radius 1 is 1.15 bits per heavy atom. The second-order valence-corrected chi connectivity index (χ2v) is 7.04. The first kappa shape index (κ1) is 15.2. The molecule has 0 radical (unpaired) electrons. The Morgan fingerprint density at radius 2 is 1.75 bits per heavy atom. The van der Waals surface area contributed by atoms with Crippen molar-refractivity contribution in [3.63, 3.8) is 0 Å². The number of Topliss-reactive ketones (excluding diaryl/α,β-unsaturated/α-hetero) is 1. The predicted octanol–water partition coefficient (Wildman–Crippen LogP) is 4.00. The van der Waals surface area contributed by atoms with Crippen LogP contribution in [-0.2, 0) is 0 Å². The molecule has 0 spiro atoms. The van der Waals surface area contributed by atoms with Crippen molar-refractivity contribution in [2.45, 2.75) is 53.5 Å². The summed E-state index contributed by atoms with van der Waals surface area (Å²) in [5.74, 6) is 0.257. The highest BCUT2D eigenvalue weighted by Crippen LogP contribution is 2.31. The highest BCUT2D eigenvalue weighted by atomic mass is 16.1. The summed E-state index contributed by atoms with van der Waals surface area (Å²) in [6, 6.07) is 6.04. The van der Waals surface area contributed by atoms with E-state index in [4.69, 9.17) is 0 Å². The van der Waals surface area contributed by atoms with Gasteiger partial charge in [0.1, 0.15) is 0 Å². The van der Waals surface area contributed by atoms with E-state index in [0.717, 1.165) is 18.7 Å². The minimum absolute atomic E-state index is 0.00629. The standard InChI is InChI=1S/C18H27NO/c1-13-6-7-16(12-14(13)2)17(20)15(3)19-10-8-18(4,5)9-11-19/h6-7,12,15H,8-11H2,1-5H3. The third kappa shape index (κ3) is 3.29. The Morgan fingerprint density at radius 3 is 2.30 bits per heavy atom. The number of carbonyl (C=O) groups is 1. The fraction of sp³-hybridized carbons (Fsp3) is 0.611. The zero-order chi connectivity index (χ0) is 14.9. The predicted molar refractivity (Wildman–Crippen MR) is 84.3 cm³/mol. The minimum Gasteiger partial charge on any atom is -0.293 e. The Kier molecular flexibility index (Phi) is 4.33. The Balaban J connectivity index is 2.07. The highest BCUT2D eigenvalue weighted by molar-refractivity contribution is 6.00. The van der Waals surface area contributed by atoms with Crippen molar-refractivity contribution < 1.29 is 4.79 Å². The number of benzene rings is 1. The first-order valence-corrected chi connectivity index (χ1v) is 7.66. The SMILES string of the molecule is Cc1ccc(C(=O)C(C)N2CCC(C)(C)CC2)cc1C. The normalized spacial score (nSPS) is 20.6. The van der Waals surface area contributed by atoms with E-state index in [2.05, 4.69) is 45.6 Å². The number of ketones is 1. The molecule has 0 saturated carbocycles. The van der Waals surface area contributed by atoms with Crippen LogP contribution in [0.4, 0.5) is 0 Å². The molecule has 1 fully saturated rings. The average Bonchev–Trinajstić information content (AvgIpc) is 2.40. The monoisotopic (exact) mass is 273 g/mol. The first-order chi connectivity index (χ1) is 9.30. The van der Waals surface area contributed by atoms with Gasteiger partial charge in [0.2, 0.25) is 0 Å². The van der Waals surface area contributed by atoms with Crippen LogP contribution >= 0.6 is 0 Å². The molecular weight excluding hydrogens is 246 g/mol. The third-order valence-corrected chi connectivity index (χ3v) is 4.87. The first-order valence-electron chi connectivity index (χ1n) is 7.66. The molecule has 1 atom stereocenters. The maximum atomic E-state index is 12.6. The van der Waals surface area contributed by atoms with Crippen LogP contribution < -0.4 is 0 Å². The number of likely N-dealkylation sites (tertiary alicyclic amines) is 1. The van der Waals surface area contributed by atoms with Gasteiger partial charge in [0.25, 0.3) is 0 Å². The van der Waals surface area contributed by atoms with E-state index in [1.165, 1.54) is 24.0 Å². The topological polar surface area (TPSA) is 20.3 Å². The molecule has 2 nitrogen and oxygen atoms in total. The highest BCUT2D eigenvalue weighted by Gasteiger charge is 2.30. The van der Waals surface area contributed by atoms with Crippen molar-refractivity contribution in [1.82, 2.24) is 4.90 Å².